The molecule has 1 aliphatic heterocycles. The van der Waals surface area contributed by atoms with Crippen molar-refractivity contribution in [2.24, 2.45) is 4.99 Å². The zero-order valence-electron chi connectivity index (χ0n) is 23.6. The van der Waals surface area contributed by atoms with Crippen LogP contribution in [0.3, 0.4) is 0 Å². The molecule has 5 aromatic rings. The largest absolute Gasteiger partial charge is 0.497 e. The van der Waals surface area contributed by atoms with Gasteiger partial charge in [-0.3, -0.25) is 9.36 Å². The van der Waals surface area contributed by atoms with Crippen LogP contribution in [0.1, 0.15) is 24.1 Å². The third kappa shape index (κ3) is 5.38. The Morgan fingerprint density at radius 3 is 2.40 bits per heavy atom. The predicted octanol–water partition coefficient (Wildman–Crippen LogP) is 4.83. The first-order valence-electron chi connectivity index (χ1n) is 13.6. The lowest BCUT2D eigenvalue weighted by Gasteiger charge is -2.24. The summed E-state index contributed by atoms with van der Waals surface area (Å²) in [5.41, 5.74) is 4.61. The van der Waals surface area contributed by atoms with Crippen molar-refractivity contribution in [2.45, 2.75) is 13.0 Å². The number of benzene rings is 3. The molecule has 8 nitrogen and oxygen atoms in total. The summed E-state index contributed by atoms with van der Waals surface area (Å²) in [6, 6.07) is 26.2. The summed E-state index contributed by atoms with van der Waals surface area (Å²) in [6.45, 7) is 5.45. The van der Waals surface area contributed by atoms with Gasteiger partial charge >= 0.3 is 5.97 Å². The second-order valence-electron chi connectivity index (χ2n) is 9.82. The molecule has 0 fully saturated rings. The minimum absolute atomic E-state index is 0.0447. The van der Waals surface area contributed by atoms with E-state index in [0.717, 1.165) is 28.1 Å². The van der Waals surface area contributed by atoms with Gasteiger partial charge in [0.25, 0.3) is 5.56 Å². The number of hydrogen-bond donors (Lipinski definition) is 0. The fourth-order valence-electron chi connectivity index (χ4n) is 5.06. The molecule has 2 aromatic heterocycles. The van der Waals surface area contributed by atoms with Gasteiger partial charge in [0, 0.05) is 17.3 Å². The Labute approximate surface area is 251 Å². The monoisotopic (exact) mass is 588 g/mol. The molecule has 214 valence electrons. The summed E-state index contributed by atoms with van der Waals surface area (Å²) in [5.74, 6) is 0.114. The minimum atomic E-state index is -0.734. The molecule has 0 saturated carbocycles. The van der Waals surface area contributed by atoms with Crippen LogP contribution < -0.4 is 19.6 Å². The zero-order chi connectivity index (χ0) is 29.9. The first-order chi connectivity index (χ1) is 21.0. The van der Waals surface area contributed by atoms with Crippen LogP contribution >= 0.6 is 11.3 Å². The highest BCUT2D eigenvalue weighted by Gasteiger charge is 2.33. The average Bonchev–Trinajstić information content (AvgIpc) is 3.60. The van der Waals surface area contributed by atoms with Gasteiger partial charge in [-0.25, -0.2) is 14.5 Å². The SMILES string of the molecule is C=CCOC(=O)C1=C(C)N=c2s/c(=C\c3cn(-c4ccccc4)nc3-c3ccccc3)c(=O)n2[C@@H]1c1ccc(OC)cc1. The fourth-order valence-corrected chi connectivity index (χ4v) is 6.10. The standard InChI is InChI=1S/C34H28N4O4S/c1-4-19-42-33(40)29-22(2)35-34-38(31(29)24-15-17-27(41-3)18-16-24)32(39)28(43-34)20-25-21-37(26-13-9-6-10-14-26)36-30(25)23-11-7-5-8-12-23/h4-18,20-21,31H,1,19H2,2-3H3/b28-20-/t31-/m1/s1. The van der Waals surface area contributed by atoms with Gasteiger partial charge in [-0.15, -0.1) is 0 Å². The molecule has 1 atom stereocenters. The van der Waals surface area contributed by atoms with Crippen molar-refractivity contribution in [1.82, 2.24) is 14.3 Å². The Bertz CT molecular complexity index is 2020. The fraction of sp³-hybridized carbons (Fsp3) is 0.118. The number of ether oxygens (including phenoxy) is 2. The van der Waals surface area contributed by atoms with E-state index in [9.17, 15) is 9.59 Å². The van der Waals surface area contributed by atoms with Crippen molar-refractivity contribution in [1.29, 1.82) is 0 Å². The summed E-state index contributed by atoms with van der Waals surface area (Å²) < 4.78 is 14.6. The molecule has 0 bridgehead atoms. The Morgan fingerprint density at radius 1 is 1.02 bits per heavy atom. The van der Waals surface area contributed by atoms with Gasteiger partial charge < -0.3 is 9.47 Å². The lowest BCUT2D eigenvalue weighted by Crippen LogP contribution is -2.39. The maximum absolute atomic E-state index is 14.2. The second kappa shape index (κ2) is 11.9. The number of para-hydroxylation sites is 1. The number of fused-ring (bicyclic) bond motifs is 1. The van der Waals surface area contributed by atoms with Crippen LogP contribution in [0.25, 0.3) is 23.0 Å². The Balaban J connectivity index is 1.54. The van der Waals surface area contributed by atoms with Crippen molar-refractivity contribution < 1.29 is 14.3 Å². The van der Waals surface area contributed by atoms with Gasteiger partial charge in [-0.1, -0.05) is 84.7 Å². The highest BCUT2D eigenvalue weighted by Crippen LogP contribution is 2.32. The average molecular weight is 589 g/mol. The number of rotatable bonds is 8. The summed E-state index contributed by atoms with van der Waals surface area (Å²) in [7, 11) is 1.59. The molecule has 9 heteroatoms. The molecule has 3 heterocycles. The Morgan fingerprint density at radius 2 is 1.72 bits per heavy atom. The molecular formula is C34H28N4O4S. The van der Waals surface area contributed by atoms with Gasteiger partial charge in [0.1, 0.15) is 12.4 Å². The Kier molecular flexibility index (Phi) is 7.72. The van der Waals surface area contributed by atoms with Crippen LogP contribution in [0.2, 0.25) is 0 Å². The van der Waals surface area contributed by atoms with Crippen LogP contribution in [0, 0.1) is 0 Å². The summed E-state index contributed by atoms with van der Waals surface area (Å²) in [5, 5.41) is 4.88. The number of hydrogen-bond acceptors (Lipinski definition) is 7. The van der Waals surface area contributed by atoms with E-state index < -0.39 is 12.0 Å². The lowest BCUT2D eigenvalue weighted by molar-refractivity contribution is -0.138. The van der Waals surface area contributed by atoms with E-state index >= 15 is 0 Å². The normalized spacial score (nSPS) is 14.7. The van der Waals surface area contributed by atoms with E-state index in [1.165, 1.54) is 17.4 Å². The van der Waals surface area contributed by atoms with Gasteiger partial charge in [0.2, 0.25) is 0 Å². The van der Waals surface area contributed by atoms with E-state index in [0.29, 0.717) is 26.4 Å². The number of methoxy groups -OCH3 is 1. The number of carbonyl (C=O) groups excluding carboxylic acids is 1. The van der Waals surface area contributed by atoms with E-state index in [1.54, 1.807) is 30.7 Å². The van der Waals surface area contributed by atoms with Gasteiger partial charge in [0.15, 0.2) is 4.80 Å². The Hall–Kier alpha value is -5.28. The molecule has 3 aromatic carbocycles. The van der Waals surface area contributed by atoms with Crippen LogP contribution in [-0.4, -0.2) is 34.0 Å². The molecular weight excluding hydrogens is 560 g/mol. The van der Waals surface area contributed by atoms with E-state index in [-0.39, 0.29) is 12.2 Å². The number of nitrogens with zero attached hydrogens (tertiary/aromatic N) is 4. The number of aromatic nitrogens is 3. The van der Waals surface area contributed by atoms with Crippen LogP contribution in [-0.2, 0) is 9.53 Å². The highest BCUT2D eigenvalue weighted by atomic mass is 32.1. The summed E-state index contributed by atoms with van der Waals surface area (Å²) >= 11 is 1.27. The van der Waals surface area contributed by atoms with Crippen molar-refractivity contribution in [3.63, 3.8) is 0 Å². The van der Waals surface area contributed by atoms with Crippen molar-refractivity contribution in [3.8, 4) is 22.7 Å². The summed E-state index contributed by atoms with van der Waals surface area (Å²) in [6.07, 6.45) is 5.27. The van der Waals surface area contributed by atoms with Crippen molar-refractivity contribution in [2.75, 3.05) is 13.7 Å². The third-order valence-corrected chi connectivity index (χ3v) is 8.09. The molecule has 1 aliphatic rings. The molecule has 0 N–H and O–H groups in total. The van der Waals surface area contributed by atoms with Crippen LogP contribution in [0.15, 0.2) is 125 Å². The molecule has 0 aliphatic carbocycles. The quantitative estimate of drug-likeness (QED) is 0.192. The molecule has 0 radical (unpaired) electrons. The van der Waals surface area contributed by atoms with Gasteiger partial charge in [-0.05, 0) is 42.8 Å². The highest BCUT2D eigenvalue weighted by molar-refractivity contribution is 7.07. The van der Waals surface area contributed by atoms with E-state index in [1.807, 2.05) is 89.8 Å². The van der Waals surface area contributed by atoms with Crippen molar-refractivity contribution in [3.05, 3.63) is 146 Å². The van der Waals surface area contributed by atoms with Crippen LogP contribution in [0.4, 0.5) is 0 Å². The molecule has 43 heavy (non-hydrogen) atoms. The molecule has 0 amide bonds. The van der Waals surface area contributed by atoms with Crippen molar-refractivity contribution >= 4 is 23.4 Å². The first kappa shape index (κ1) is 27.9. The number of esters is 1. The topological polar surface area (TPSA) is 87.7 Å². The van der Waals surface area contributed by atoms with Gasteiger partial charge in [-0.2, -0.15) is 5.10 Å². The molecule has 0 spiro atoms. The summed E-state index contributed by atoms with van der Waals surface area (Å²) in [4.78, 5) is 32.6. The third-order valence-electron chi connectivity index (χ3n) is 7.10. The number of allylic oxidation sites excluding steroid dienone is 1. The number of thiazole rings is 1. The maximum Gasteiger partial charge on any atom is 0.338 e. The lowest BCUT2D eigenvalue weighted by atomic mass is 9.96. The van der Waals surface area contributed by atoms with E-state index in [2.05, 4.69) is 6.58 Å². The first-order valence-corrected chi connectivity index (χ1v) is 14.4. The second-order valence-corrected chi connectivity index (χ2v) is 10.8. The van der Waals surface area contributed by atoms with Gasteiger partial charge in [0.05, 0.1) is 40.3 Å². The number of carbonyl (C=O) groups is 1. The van der Waals surface area contributed by atoms with E-state index in [4.69, 9.17) is 19.6 Å². The molecule has 6 rings (SSSR count). The van der Waals surface area contributed by atoms with Crippen LogP contribution in [0.5, 0.6) is 5.75 Å². The predicted molar refractivity (Wildman–Crippen MR) is 167 cm³/mol. The molecule has 0 unspecified atom stereocenters. The minimum Gasteiger partial charge on any atom is -0.497 e. The smallest absolute Gasteiger partial charge is 0.338 e. The zero-order valence-corrected chi connectivity index (χ0v) is 24.5. The maximum atomic E-state index is 14.2. The molecule has 0 saturated heterocycles.